The minimum Gasteiger partial charge on any atom is -0.478 e. The maximum Gasteiger partial charge on any atom is 0.328 e. The first-order valence-electron chi connectivity index (χ1n) is 4.92. The van der Waals surface area contributed by atoms with Crippen molar-refractivity contribution < 1.29 is 14.7 Å². The SMILES string of the molecule is O=C(O)/C=C/C(=O)N1CCc2sccc2C1. The predicted octanol–water partition coefficient (Wildman–Crippen LogP) is 1.27. The average molecular weight is 237 g/mol. The number of aliphatic carboxylic acids is 1. The van der Waals surface area contributed by atoms with Gasteiger partial charge in [-0.25, -0.2) is 4.79 Å². The number of carbonyl (C=O) groups is 2. The summed E-state index contributed by atoms with van der Waals surface area (Å²) in [7, 11) is 0. The van der Waals surface area contributed by atoms with Crippen LogP contribution in [-0.2, 0) is 22.6 Å². The highest BCUT2D eigenvalue weighted by atomic mass is 32.1. The van der Waals surface area contributed by atoms with Crippen LogP contribution in [0.3, 0.4) is 0 Å². The smallest absolute Gasteiger partial charge is 0.328 e. The highest BCUT2D eigenvalue weighted by Crippen LogP contribution is 2.23. The molecule has 0 atom stereocenters. The Morgan fingerprint density at radius 2 is 2.25 bits per heavy atom. The summed E-state index contributed by atoms with van der Waals surface area (Å²) in [5, 5.41) is 10.4. The van der Waals surface area contributed by atoms with Crippen molar-refractivity contribution in [1.29, 1.82) is 0 Å². The molecule has 0 fully saturated rings. The second kappa shape index (κ2) is 4.49. The van der Waals surface area contributed by atoms with Gasteiger partial charge in [-0.15, -0.1) is 11.3 Å². The fourth-order valence-electron chi connectivity index (χ4n) is 1.68. The Morgan fingerprint density at radius 1 is 1.44 bits per heavy atom. The van der Waals surface area contributed by atoms with Gasteiger partial charge in [-0.05, 0) is 23.4 Å². The van der Waals surface area contributed by atoms with Crippen molar-refractivity contribution in [3.05, 3.63) is 34.0 Å². The fraction of sp³-hybridized carbons (Fsp3) is 0.273. The molecule has 0 unspecified atom stereocenters. The first kappa shape index (κ1) is 10.9. The van der Waals surface area contributed by atoms with Gasteiger partial charge in [0.15, 0.2) is 0 Å². The molecule has 0 radical (unpaired) electrons. The quantitative estimate of drug-likeness (QED) is 0.788. The zero-order valence-corrected chi connectivity index (χ0v) is 9.37. The minimum absolute atomic E-state index is 0.237. The van der Waals surface area contributed by atoms with E-state index in [1.54, 1.807) is 16.2 Å². The standard InChI is InChI=1S/C11H11NO3S/c13-10(1-2-11(14)15)12-5-3-9-8(7-12)4-6-16-9/h1-2,4,6H,3,5,7H2,(H,14,15)/b2-1+. The highest BCUT2D eigenvalue weighted by molar-refractivity contribution is 7.10. The molecule has 1 aromatic heterocycles. The van der Waals surface area contributed by atoms with Crippen molar-refractivity contribution in [2.75, 3.05) is 6.54 Å². The van der Waals surface area contributed by atoms with Gasteiger partial charge in [0.25, 0.3) is 0 Å². The van der Waals surface area contributed by atoms with Crippen LogP contribution in [0.25, 0.3) is 0 Å². The van der Waals surface area contributed by atoms with Crippen LogP contribution in [0.2, 0.25) is 0 Å². The first-order chi connectivity index (χ1) is 7.66. The van der Waals surface area contributed by atoms with E-state index in [-0.39, 0.29) is 5.91 Å². The van der Waals surface area contributed by atoms with Crippen LogP contribution in [0.1, 0.15) is 10.4 Å². The number of carboxylic acids is 1. The largest absolute Gasteiger partial charge is 0.478 e. The molecule has 0 saturated heterocycles. The Balaban J connectivity index is 2.03. The maximum atomic E-state index is 11.6. The van der Waals surface area contributed by atoms with E-state index in [0.717, 1.165) is 18.6 Å². The van der Waals surface area contributed by atoms with E-state index < -0.39 is 5.97 Å². The van der Waals surface area contributed by atoms with Gasteiger partial charge in [0.2, 0.25) is 5.91 Å². The molecule has 1 N–H and O–H groups in total. The molecule has 1 aliphatic rings. The number of hydrogen-bond donors (Lipinski definition) is 1. The molecule has 4 nitrogen and oxygen atoms in total. The molecular formula is C11H11NO3S. The summed E-state index contributed by atoms with van der Waals surface area (Å²) >= 11 is 1.71. The van der Waals surface area contributed by atoms with Crippen LogP contribution in [0.4, 0.5) is 0 Å². The zero-order chi connectivity index (χ0) is 11.5. The fourth-order valence-corrected chi connectivity index (χ4v) is 2.57. The third-order valence-electron chi connectivity index (χ3n) is 2.49. The van der Waals surface area contributed by atoms with Crippen LogP contribution in [-0.4, -0.2) is 28.4 Å². The average Bonchev–Trinajstić information content (AvgIpc) is 2.72. The Kier molecular flexibility index (Phi) is 3.05. The lowest BCUT2D eigenvalue weighted by Gasteiger charge is -2.25. The topological polar surface area (TPSA) is 57.6 Å². The summed E-state index contributed by atoms with van der Waals surface area (Å²) in [6, 6.07) is 2.01. The lowest BCUT2D eigenvalue weighted by Crippen LogP contribution is -2.34. The van der Waals surface area contributed by atoms with E-state index >= 15 is 0 Å². The molecule has 0 bridgehead atoms. The van der Waals surface area contributed by atoms with Crippen molar-refractivity contribution in [2.24, 2.45) is 0 Å². The minimum atomic E-state index is -1.10. The van der Waals surface area contributed by atoms with Crippen molar-refractivity contribution in [3.63, 3.8) is 0 Å². The summed E-state index contributed by atoms with van der Waals surface area (Å²) in [5.74, 6) is -1.33. The lowest BCUT2D eigenvalue weighted by molar-refractivity contribution is -0.132. The van der Waals surface area contributed by atoms with Gasteiger partial charge in [0.1, 0.15) is 0 Å². The second-order valence-corrected chi connectivity index (χ2v) is 4.55. The Bertz CT molecular complexity index is 450. The molecule has 1 aromatic rings. The highest BCUT2D eigenvalue weighted by Gasteiger charge is 2.19. The maximum absolute atomic E-state index is 11.6. The Labute approximate surface area is 96.8 Å². The van der Waals surface area contributed by atoms with Gasteiger partial charge in [-0.1, -0.05) is 0 Å². The monoisotopic (exact) mass is 237 g/mol. The number of thiophene rings is 1. The van der Waals surface area contributed by atoms with E-state index in [0.29, 0.717) is 13.1 Å². The van der Waals surface area contributed by atoms with Gasteiger partial charge in [-0.3, -0.25) is 4.79 Å². The number of fused-ring (bicyclic) bond motifs is 1. The van der Waals surface area contributed by atoms with E-state index in [4.69, 9.17) is 5.11 Å². The van der Waals surface area contributed by atoms with E-state index in [2.05, 4.69) is 0 Å². The molecule has 0 aliphatic carbocycles. The van der Waals surface area contributed by atoms with Gasteiger partial charge >= 0.3 is 5.97 Å². The van der Waals surface area contributed by atoms with Gasteiger partial charge in [0, 0.05) is 30.1 Å². The van der Waals surface area contributed by atoms with Crippen LogP contribution in [0, 0.1) is 0 Å². The molecular weight excluding hydrogens is 226 g/mol. The molecule has 84 valence electrons. The number of hydrogen-bond acceptors (Lipinski definition) is 3. The molecule has 0 spiro atoms. The van der Waals surface area contributed by atoms with E-state index in [1.807, 2.05) is 11.4 Å². The van der Waals surface area contributed by atoms with Crippen LogP contribution in [0.15, 0.2) is 23.6 Å². The van der Waals surface area contributed by atoms with Crippen molar-refractivity contribution in [2.45, 2.75) is 13.0 Å². The molecule has 1 aliphatic heterocycles. The molecule has 5 heteroatoms. The Hall–Kier alpha value is -1.62. The third-order valence-corrected chi connectivity index (χ3v) is 3.51. The summed E-state index contributed by atoms with van der Waals surface area (Å²) in [4.78, 5) is 24.9. The number of rotatable bonds is 2. The second-order valence-electron chi connectivity index (χ2n) is 3.55. The predicted molar refractivity (Wildman–Crippen MR) is 60.2 cm³/mol. The molecule has 16 heavy (non-hydrogen) atoms. The summed E-state index contributed by atoms with van der Waals surface area (Å²) < 4.78 is 0. The summed E-state index contributed by atoms with van der Waals surface area (Å²) in [5.41, 5.74) is 1.17. The number of carbonyl (C=O) groups excluding carboxylic acids is 1. The Morgan fingerprint density at radius 3 is 3.00 bits per heavy atom. The number of carboxylic acid groups (broad SMARTS) is 1. The molecule has 0 saturated carbocycles. The molecule has 2 heterocycles. The van der Waals surface area contributed by atoms with Crippen LogP contribution in [0.5, 0.6) is 0 Å². The van der Waals surface area contributed by atoms with Crippen LogP contribution >= 0.6 is 11.3 Å². The van der Waals surface area contributed by atoms with Gasteiger partial charge < -0.3 is 10.0 Å². The van der Waals surface area contributed by atoms with Crippen molar-refractivity contribution in [3.8, 4) is 0 Å². The van der Waals surface area contributed by atoms with Crippen molar-refractivity contribution >= 4 is 23.2 Å². The molecule has 2 rings (SSSR count). The van der Waals surface area contributed by atoms with Gasteiger partial charge in [-0.2, -0.15) is 0 Å². The number of nitrogens with zero attached hydrogens (tertiary/aromatic N) is 1. The third kappa shape index (κ3) is 2.30. The summed E-state index contributed by atoms with van der Waals surface area (Å²) in [6.45, 7) is 1.25. The van der Waals surface area contributed by atoms with E-state index in [9.17, 15) is 9.59 Å². The number of amides is 1. The zero-order valence-electron chi connectivity index (χ0n) is 8.55. The first-order valence-corrected chi connectivity index (χ1v) is 5.80. The molecule has 1 amide bonds. The van der Waals surface area contributed by atoms with E-state index in [1.165, 1.54) is 10.4 Å². The molecule has 0 aromatic carbocycles. The lowest BCUT2D eigenvalue weighted by atomic mass is 10.1. The normalized spacial score (nSPS) is 15.1. The van der Waals surface area contributed by atoms with Crippen LogP contribution < -0.4 is 0 Å². The van der Waals surface area contributed by atoms with Gasteiger partial charge in [0.05, 0.1) is 0 Å². The van der Waals surface area contributed by atoms with Crippen molar-refractivity contribution in [1.82, 2.24) is 4.90 Å². The summed E-state index contributed by atoms with van der Waals surface area (Å²) in [6.07, 6.45) is 2.85.